The van der Waals surface area contributed by atoms with E-state index in [0.717, 1.165) is 0 Å². The Morgan fingerprint density at radius 2 is 2.22 bits per heavy atom. The monoisotopic (exact) mass is 317 g/mol. The van der Waals surface area contributed by atoms with Gasteiger partial charge < -0.3 is 4.74 Å². The first kappa shape index (κ1) is 15.0. The Morgan fingerprint density at radius 1 is 1.48 bits per heavy atom. The number of nitro groups is 1. The van der Waals surface area contributed by atoms with Crippen molar-refractivity contribution in [3.63, 3.8) is 0 Å². The highest BCUT2D eigenvalue weighted by atomic mass is 16.6. The summed E-state index contributed by atoms with van der Waals surface area (Å²) in [6.45, 7) is 3.85. The minimum absolute atomic E-state index is 0.0782. The van der Waals surface area contributed by atoms with E-state index < -0.39 is 17.1 Å². The van der Waals surface area contributed by atoms with Gasteiger partial charge in [0.2, 0.25) is 0 Å². The van der Waals surface area contributed by atoms with E-state index in [-0.39, 0.29) is 29.9 Å². The van der Waals surface area contributed by atoms with Crippen molar-refractivity contribution in [2.45, 2.75) is 18.5 Å². The lowest BCUT2D eigenvalue weighted by Gasteiger charge is -2.32. The highest BCUT2D eigenvalue weighted by Crippen LogP contribution is 2.39. The molecule has 2 heterocycles. The topological polar surface area (TPSA) is 93.0 Å². The van der Waals surface area contributed by atoms with Crippen molar-refractivity contribution in [1.29, 1.82) is 0 Å². The quantitative estimate of drug-likeness (QED) is 0.479. The van der Waals surface area contributed by atoms with Crippen molar-refractivity contribution < 1.29 is 19.2 Å². The van der Waals surface area contributed by atoms with Gasteiger partial charge in [-0.15, -0.1) is 0 Å². The number of nitro benzene ring substituents is 1. The van der Waals surface area contributed by atoms with Crippen LogP contribution in [0.3, 0.4) is 0 Å². The minimum atomic E-state index is -0.628. The van der Waals surface area contributed by atoms with E-state index >= 15 is 0 Å². The Hall–Kier alpha value is -2.90. The predicted molar refractivity (Wildman–Crippen MR) is 81.0 cm³/mol. The van der Waals surface area contributed by atoms with E-state index in [2.05, 4.69) is 6.58 Å². The number of ether oxygens (including phenoxy) is 1. The third kappa shape index (κ3) is 2.41. The number of carbonyl (C=O) groups is 2. The van der Waals surface area contributed by atoms with E-state index in [0.29, 0.717) is 13.0 Å². The lowest BCUT2D eigenvalue weighted by atomic mass is 10.2. The molecule has 2 saturated heterocycles. The van der Waals surface area contributed by atoms with Crippen molar-refractivity contribution in [1.82, 2.24) is 4.90 Å². The highest BCUT2D eigenvalue weighted by Gasteiger charge is 2.53. The van der Waals surface area contributed by atoms with Crippen LogP contribution < -0.4 is 4.90 Å². The SMILES string of the molecule is C=CCOC(=O)N1CC2CC1C(=O)N2c1ccccc1[N+](=O)[O-]. The molecule has 1 aromatic carbocycles. The zero-order chi connectivity index (χ0) is 16.6. The summed E-state index contributed by atoms with van der Waals surface area (Å²) in [7, 11) is 0. The van der Waals surface area contributed by atoms with Crippen molar-refractivity contribution in [3.05, 3.63) is 47.0 Å². The molecule has 8 heteroatoms. The number of benzene rings is 1. The Balaban J connectivity index is 1.83. The third-order valence-corrected chi connectivity index (χ3v) is 4.06. The van der Waals surface area contributed by atoms with E-state index in [1.165, 1.54) is 21.9 Å². The standard InChI is InChI=1S/C15H15N3O5/c1-2-7-23-15(20)16-9-10-8-13(16)14(19)17(10)11-5-3-4-6-12(11)18(21)22/h2-6,10,13H,1,7-9H2. The number of fused-ring (bicyclic) bond motifs is 2. The predicted octanol–water partition coefficient (Wildman–Crippen LogP) is 1.71. The maximum absolute atomic E-state index is 12.6. The van der Waals surface area contributed by atoms with Crippen LogP contribution in [0.25, 0.3) is 0 Å². The van der Waals surface area contributed by atoms with Crippen LogP contribution in [0.15, 0.2) is 36.9 Å². The van der Waals surface area contributed by atoms with Gasteiger partial charge in [-0.25, -0.2) is 4.79 Å². The molecule has 1 aromatic rings. The summed E-state index contributed by atoms with van der Waals surface area (Å²) in [6.07, 6.45) is 1.34. The zero-order valence-corrected chi connectivity index (χ0v) is 12.3. The van der Waals surface area contributed by atoms with Crippen LogP contribution in [0.2, 0.25) is 0 Å². The van der Waals surface area contributed by atoms with E-state index in [1.54, 1.807) is 18.2 Å². The number of carbonyl (C=O) groups excluding carboxylic acids is 2. The minimum Gasteiger partial charge on any atom is -0.445 e. The molecule has 0 aromatic heterocycles. The van der Waals surface area contributed by atoms with Crippen molar-refractivity contribution in [3.8, 4) is 0 Å². The van der Waals surface area contributed by atoms with E-state index in [4.69, 9.17) is 4.74 Å². The van der Waals surface area contributed by atoms with Gasteiger partial charge >= 0.3 is 6.09 Å². The van der Waals surface area contributed by atoms with Crippen molar-refractivity contribution in [2.75, 3.05) is 18.1 Å². The molecule has 2 aliphatic heterocycles. The van der Waals surface area contributed by atoms with E-state index in [1.807, 2.05) is 0 Å². The lowest BCUT2D eigenvalue weighted by molar-refractivity contribution is -0.384. The summed E-state index contributed by atoms with van der Waals surface area (Å²) in [4.78, 5) is 38.0. The summed E-state index contributed by atoms with van der Waals surface area (Å²) in [5, 5.41) is 11.2. The molecule has 0 radical (unpaired) electrons. The van der Waals surface area contributed by atoms with Crippen LogP contribution in [0.1, 0.15) is 6.42 Å². The second-order valence-electron chi connectivity index (χ2n) is 5.38. The number of likely N-dealkylation sites (tertiary alicyclic amines) is 1. The van der Waals surface area contributed by atoms with Crippen LogP contribution in [0.4, 0.5) is 16.2 Å². The number of piperazine rings is 1. The highest BCUT2D eigenvalue weighted by molar-refractivity contribution is 6.04. The number of amides is 2. The molecule has 2 aliphatic rings. The van der Waals surface area contributed by atoms with Crippen LogP contribution >= 0.6 is 0 Å². The van der Waals surface area contributed by atoms with Crippen LogP contribution in [0, 0.1) is 10.1 Å². The molecule has 2 bridgehead atoms. The second-order valence-corrected chi connectivity index (χ2v) is 5.38. The lowest BCUT2D eigenvalue weighted by Crippen LogP contribution is -2.52. The summed E-state index contributed by atoms with van der Waals surface area (Å²) in [6, 6.07) is 5.22. The van der Waals surface area contributed by atoms with Gasteiger partial charge in [0.1, 0.15) is 18.3 Å². The number of rotatable bonds is 4. The van der Waals surface area contributed by atoms with Gasteiger partial charge in [-0.1, -0.05) is 24.8 Å². The first-order valence-corrected chi connectivity index (χ1v) is 7.15. The van der Waals surface area contributed by atoms with Crippen molar-refractivity contribution >= 4 is 23.4 Å². The van der Waals surface area contributed by atoms with Gasteiger partial charge in [-0.05, 0) is 12.5 Å². The fourth-order valence-electron chi connectivity index (χ4n) is 3.13. The summed E-state index contributed by atoms with van der Waals surface area (Å²) in [5.41, 5.74) is 0.156. The summed E-state index contributed by atoms with van der Waals surface area (Å²) in [5.74, 6) is -0.314. The number of para-hydroxylation sites is 2. The molecule has 2 fully saturated rings. The van der Waals surface area contributed by atoms with Gasteiger partial charge in [0.25, 0.3) is 11.6 Å². The maximum Gasteiger partial charge on any atom is 0.410 e. The maximum atomic E-state index is 12.6. The number of hydrogen-bond donors (Lipinski definition) is 0. The Morgan fingerprint density at radius 3 is 2.87 bits per heavy atom. The molecule has 23 heavy (non-hydrogen) atoms. The summed E-state index contributed by atoms with van der Waals surface area (Å²) < 4.78 is 4.97. The normalized spacial score (nSPS) is 22.3. The Kier molecular flexibility index (Phi) is 3.73. The number of nitrogens with zero attached hydrogens (tertiary/aromatic N) is 3. The van der Waals surface area contributed by atoms with Gasteiger partial charge in [-0.3, -0.25) is 24.7 Å². The van der Waals surface area contributed by atoms with Crippen LogP contribution in [0.5, 0.6) is 0 Å². The van der Waals surface area contributed by atoms with Gasteiger partial charge in [0.15, 0.2) is 0 Å². The molecule has 0 N–H and O–H groups in total. The largest absolute Gasteiger partial charge is 0.445 e. The summed E-state index contributed by atoms with van der Waals surface area (Å²) >= 11 is 0. The zero-order valence-electron chi connectivity index (χ0n) is 12.3. The Bertz CT molecular complexity index is 689. The van der Waals surface area contributed by atoms with Gasteiger partial charge in [-0.2, -0.15) is 0 Å². The van der Waals surface area contributed by atoms with Gasteiger partial charge in [0.05, 0.1) is 11.0 Å². The fourth-order valence-corrected chi connectivity index (χ4v) is 3.13. The van der Waals surface area contributed by atoms with Crippen molar-refractivity contribution in [2.24, 2.45) is 0 Å². The second kappa shape index (κ2) is 5.71. The Labute approximate surface area is 132 Å². The average Bonchev–Trinajstić information content (AvgIpc) is 3.10. The number of anilines is 1. The molecule has 0 saturated carbocycles. The van der Waals surface area contributed by atoms with Gasteiger partial charge in [0, 0.05) is 12.6 Å². The molecular weight excluding hydrogens is 302 g/mol. The molecule has 2 unspecified atom stereocenters. The van der Waals surface area contributed by atoms with E-state index in [9.17, 15) is 19.7 Å². The molecule has 2 amide bonds. The molecule has 0 aliphatic carbocycles. The smallest absolute Gasteiger partial charge is 0.410 e. The molecule has 8 nitrogen and oxygen atoms in total. The average molecular weight is 317 g/mol. The molecule has 0 spiro atoms. The molecule has 120 valence electrons. The van der Waals surface area contributed by atoms with Crippen LogP contribution in [-0.2, 0) is 9.53 Å². The fraction of sp³-hybridized carbons (Fsp3) is 0.333. The first-order valence-electron chi connectivity index (χ1n) is 7.15. The molecule has 3 rings (SSSR count). The number of hydrogen-bond acceptors (Lipinski definition) is 5. The first-order chi connectivity index (χ1) is 11.0. The van der Waals surface area contributed by atoms with Crippen LogP contribution in [-0.4, -0.2) is 47.1 Å². The molecular formula is C15H15N3O5. The third-order valence-electron chi connectivity index (χ3n) is 4.06. The molecule has 2 atom stereocenters.